The van der Waals surface area contributed by atoms with Gasteiger partial charge < -0.3 is 9.64 Å². The molecule has 0 N–H and O–H groups in total. The lowest BCUT2D eigenvalue weighted by atomic mass is 10.0. The van der Waals surface area contributed by atoms with Crippen LogP contribution in [0.2, 0.25) is 0 Å². The molecule has 31 heavy (non-hydrogen) atoms. The molecule has 3 heterocycles. The molecule has 6 nitrogen and oxygen atoms in total. The summed E-state index contributed by atoms with van der Waals surface area (Å²) in [5, 5.41) is 0. The van der Waals surface area contributed by atoms with Crippen LogP contribution in [-0.4, -0.2) is 34.8 Å². The maximum atomic E-state index is 13.2. The summed E-state index contributed by atoms with van der Waals surface area (Å²) in [5.41, 5.74) is 3.99. The lowest BCUT2D eigenvalue weighted by Gasteiger charge is -2.26. The Balaban J connectivity index is 1.87. The van der Waals surface area contributed by atoms with Crippen molar-refractivity contribution in [2.45, 2.75) is 46.3 Å². The molecule has 0 bridgehead atoms. The second kappa shape index (κ2) is 8.97. The summed E-state index contributed by atoms with van der Waals surface area (Å²) in [4.78, 5) is 33.8. The van der Waals surface area contributed by atoms with Crippen LogP contribution in [-0.2, 0) is 16.1 Å². The molecule has 160 valence electrons. The first-order chi connectivity index (χ1) is 14.9. The standard InChI is InChI=1S/C24H24IN3O3/c1-4-7-22(29)28(21-10-9-16-14-27(5-2)24(30)23(16)26-21)19-12-15(3)18(25)13-17(19)20-8-6-11-31-20/h9-10,12-13,20H,5-6,8,11,14H2,1-3H3/t20-/m1/s1. The van der Waals surface area contributed by atoms with Gasteiger partial charge in [-0.15, -0.1) is 0 Å². The molecular formula is C24H24IN3O3. The van der Waals surface area contributed by atoms with Crippen molar-refractivity contribution in [1.29, 1.82) is 0 Å². The zero-order chi connectivity index (χ0) is 22.1. The SMILES string of the molecule is CC#CC(=O)N(c1ccc2c(n1)C(=O)N(CC)C2)c1cc(C)c(I)cc1[C@H]1CCCO1. The van der Waals surface area contributed by atoms with E-state index in [2.05, 4.69) is 45.5 Å². The highest BCUT2D eigenvalue weighted by Crippen LogP contribution is 2.40. The third kappa shape index (κ3) is 4.06. The lowest BCUT2D eigenvalue weighted by Crippen LogP contribution is -2.28. The number of aromatic nitrogens is 1. The molecule has 2 amide bonds. The largest absolute Gasteiger partial charge is 0.373 e. The van der Waals surface area contributed by atoms with Crippen molar-refractivity contribution in [2.24, 2.45) is 0 Å². The molecule has 1 fully saturated rings. The quantitative estimate of drug-likeness (QED) is 0.432. The number of benzene rings is 1. The Labute approximate surface area is 196 Å². The van der Waals surface area contributed by atoms with Gasteiger partial charge in [-0.1, -0.05) is 12.0 Å². The summed E-state index contributed by atoms with van der Waals surface area (Å²) in [6, 6.07) is 7.75. The van der Waals surface area contributed by atoms with Gasteiger partial charge in [0.25, 0.3) is 5.91 Å². The Bertz CT molecular complexity index is 1110. The molecule has 2 aliphatic heterocycles. The van der Waals surface area contributed by atoms with E-state index in [1.54, 1.807) is 17.9 Å². The summed E-state index contributed by atoms with van der Waals surface area (Å²) < 4.78 is 7.07. The summed E-state index contributed by atoms with van der Waals surface area (Å²) in [6.07, 6.45) is 1.80. The van der Waals surface area contributed by atoms with Gasteiger partial charge in [0.05, 0.1) is 11.8 Å². The first-order valence-corrected chi connectivity index (χ1v) is 11.5. The zero-order valence-electron chi connectivity index (χ0n) is 17.9. The monoisotopic (exact) mass is 529 g/mol. The van der Waals surface area contributed by atoms with Crippen molar-refractivity contribution in [2.75, 3.05) is 18.1 Å². The second-order valence-electron chi connectivity index (χ2n) is 7.67. The third-order valence-electron chi connectivity index (χ3n) is 5.69. The van der Waals surface area contributed by atoms with Crippen molar-refractivity contribution >= 4 is 45.9 Å². The smallest absolute Gasteiger partial charge is 0.308 e. The molecule has 7 heteroatoms. The first-order valence-electron chi connectivity index (χ1n) is 10.4. The minimum Gasteiger partial charge on any atom is -0.373 e. The van der Waals surface area contributed by atoms with Gasteiger partial charge in [0, 0.05) is 34.4 Å². The van der Waals surface area contributed by atoms with Crippen LogP contribution in [0.25, 0.3) is 0 Å². The first kappa shape index (κ1) is 21.8. The van der Waals surface area contributed by atoms with Crippen LogP contribution in [0.4, 0.5) is 11.5 Å². The Morgan fingerprint density at radius 1 is 1.39 bits per heavy atom. The predicted octanol–water partition coefficient (Wildman–Crippen LogP) is 4.51. The number of anilines is 2. The van der Waals surface area contributed by atoms with Crippen molar-refractivity contribution in [3.8, 4) is 11.8 Å². The number of halogens is 1. The van der Waals surface area contributed by atoms with Crippen LogP contribution in [0.15, 0.2) is 24.3 Å². The van der Waals surface area contributed by atoms with Gasteiger partial charge in [0.1, 0.15) is 11.5 Å². The van der Waals surface area contributed by atoms with E-state index in [1.165, 1.54) is 4.90 Å². The van der Waals surface area contributed by atoms with Crippen molar-refractivity contribution in [3.63, 3.8) is 0 Å². The van der Waals surface area contributed by atoms with Crippen LogP contribution in [0.3, 0.4) is 0 Å². The average Bonchev–Trinajstić information content (AvgIpc) is 3.39. The number of carbonyl (C=O) groups excluding carboxylic acids is 2. The molecule has 1 aromatic carbocycles. The highest BCUT2D eigenvalue weighted by molar-refractivity contribution is 14.1. The van der Waals surface area contributed by atoms with E-state index in [0.29, 0.717) is 36.9 Å². The van der Waals surface area contributed by atoms with Crippen LogP contribution >= 0.6 is 22.6 Å². The number of carbonyl (C=O) groups is 2. The van der Waals surface area contributed by atoms with Gasteiger partial charge in [-0.2, -0.15) is 0 Å². The highest BCUT2D eigenvalue weighted by atomic mass is 127. The Kier molecular flexibility index (Phi) is 6.30. The molecule has 0 spiro atoms. The Hall–Kier alpha value is -2.44. The normalized spacial score (nSPS) is 17.4. The average molecular weight is 529 g/mol. The van der Waals surface area contributed by atoms with Crippen LogP contribution < -0.4 is 4.90 Å². The fraction of sp³-hybridized carbons (Fsp3) is 0.375. The summed E-state index contributed by atoms with van der Waals surface area (Å²) in [5.74, 6) is 5.27. The van der Waals surface area contributed by atoms with Crippen molar-refractivity contribution in [3.05, 3.63) is 50.2 Å². The molecule has 1 saturated heterocycles. The Morgan fingerprint density at radius 2 is 2.19 bits per heavy atom. The van der Waals surface area contributed by atoms with E-state index in [1.807, 2.05) is 26.0 Å². The summed E-state index contributed by atoms with van der Waals surface area (Å²) in [6.45, 7) is 7.46. The Morgan fingerprint density at radius 3 is 2.87 bits per heavy atom. The number of ether oxygens (including phenoxy) is 1. The molecule has 2 aromatic rings. The zero-order valence-corrected chi connectivity index (χ0v) is 20.0. The van der Waals surface area contributed by atoms with Gasteiger partial charge in [-0.3, -0.25) is 14.5 Å². The second-order valence-corrected chi connectivity index (χ2v) is 8.84. The van der Waals surface area contributed by atoms with E-state index < -0.39 is 0 Å². The third-order valence-corrected chi connectivity index (χ3v) is 6.85. The number of nitrogens with zero attached hydrogens (tertiary/aromatic N) is 3. The number of aryl methyl sites for hydroxylation is 1. The van der Waals surface area contributed by atoms with Gasteiger partial charge in [0.15, 0.2) is 0 Å². The van der Waals surface area contributed by atoms with Crippen molar-refractivity contribution in [1.82, 2.24) is 9.88 Å². The molecule has 0 aliphatic carbocycles. The maximum absolute atomic E-state index is 13.2. The highest BCUT2D eigenvalue weighted by Gasteiger charge is 2.32. The molecule has 1 aromatic heterocycles. The van der Waals surface area contributed by atoms with E-state index in [4.69, 9.17) is 4.74 Å². The van der Waals surface area contributed by atoms with Gasteiger partial charge in [0.2, 0.25) is 0 Å². The summed E-state index contributed by atoms with van der Waals surface area (Å²) in [7, 11) is 0. The van der Waals surface area contributed by atoms with E-state index in [-0.39, 0.29) is 17.9 Å². The number of hydrogen-bond acceptors (Lipinski definition) is 4. The topological polar surface area (TPSA) is 62.7 Å². The van der Waals surface area contributed by atoms with E-state index in [9.17, 15) is 9.59 Å². The van der Waals surface area contributed by atoms with Crippen LogP contribution in [0, 0.1) is 22.3 Å². The summed E-state index contributed by atoms with van der Waals surface area (Å²) >= 11 is 2.31. The minimum absolute atomic E-state index is 0.0827. The minimum atomic E-state index is -0.382. The molecule has 0 radical (unpaired) electrons. The number of amides is 2. The van der Waals surface area contributed by atoms with E-state index >= 15 is 0 Å². The number of pyridine rings is 1. The molecule has 4 rings (SSSR count). The fourth-order valence-corrected chi connectivity index (χ4v) is 4.54. The molecule has 2 aliphatic rings. The predicted molar refractivity (Wildman–Crippen MR) is 127 cm³/mol. The van der Waals surface area contributed by atoms with E-state index in [0.717, 1.165) is 33.1 Å². The molecule has 1 atom stereocenters. The van der Waals surface area contributed by atoms with Gasteiger partial charge in [-0.25, -0.2) is 4.98 Å². The number of hydrogen-bond donors (Lipinski definition) is 0. The number of fused-ring (bicyclic) bond motifs is 1. The van der Waals surface area contributed by atoms with Crippen LogP contribution in [0.1, 0.15) is 60.0 Å². The molecule has 0 saturated carbocycles. The van der Waals surface area contributed by atoms with Gasteiger partial charge in [-0.05, 0) is 85.9 Å². The van der Waals surface area contributed by atoms with Crippen molar-refractivity contribution < 1.29 is 14.3 Å². The maximum Gasteiger partial charge on any atom is 0.308 e. The fourth-order valence-electron chi connectivity index (χ4n) is 4.05. The lowest BCUT2D eigenvalue weighted by molar-refractivity contribution is -0.112. The number of rotatable bonds is 4. The molecule has 0 unspecified atom stereocenters. The van der Waals surface area contributed by atoms with Crippen LogP contribution in [0.5, 0.6) is 0 Å². The molecular weight excluding hydrogens is 505 g/mol. The van der Waals surface area contributed by atoms with Gasteiger partial charge >= 0.3 is 5.91 Å².